The lowest BCUT2D eigenvalue weighted by Gasteiger charge is -2.14. The third kappa shape index (κ3) is 2.81. The number of nitrogens with zero attached hydrogens (tertiary/aromatic N) is 1. The Hall–Kier alpha value is -1.32. The van der Waals surface area contributed by atoms with Gasteiger partial charge in [0, 0.05) is 12.2 Å². The largest absolute Gasteiger partial charge is 0.348 e. The molecule has 1 heterocycles. The number of H-pyrrole nitrogens is 1. The summed E-state index contributed by atoms with van der Waals surface area (Å²) in [6.45, 7) is 0. The van der Waals surface area contributed by atoms with Gasteiger partial charge in [-0.05, 0) is 18.9 Å². The Kier molecular flexibility index (Phi) is 3.37. The van der Waals surface area contributed by atoms with Crippen molar-refractivity contribution in [1.29, 1.82) is 0 Å². The van der Waals surface area contributed by atoms with Crippen LogP contribution in [0.2, 0.25) is 0 Å². The SMILES string of the molecule is O=C(NC1CCCCCC1)c1cc[nH]n1. The smallest absolute Gasteiger partial charge is 0.271 e. The van der Waals surface area contributed by atoms with Crippen molar-refractivity contribution in [3.8, 4) is 0 Å². The highest BCUT2D eigenvalue weighted by Gasteiger charge is 2.16. The molecule has 0 atom stereocenters. The minimum absolute atomic E-state index is 0.0526. The van der Waals surface area contributed by atoms with Crippen molar-refractivity contribution in [3.63, 3.8) is 0 Å². The molecule has 0 aromatic carbocycles. The maximum atomic E-state index is 11.7. The van der Waals surface area contributed by atoms with Gasteiger partial charge < -0.3 is 5.32 Å². The monoisotopic (exact) mass is 207 g/mol. The fourth-order valence-corrected chi connectivity index (χ4v) is 2.07. The fraction of sp³-hybridized carbons (Fsp3) is 0.636. The quantitative estimate of drug-likeness (QED) is 0.727. The van der Waals surface area contributed by atoms with Gasteiger partial charge in [0.1, 0.15) is 5.69 Å². The molecule has 1 amide bonds. The number of hydrogen-bond acceptors (Lipinski definition) is 2. The molecule has 1 aromatic rings. The van der Waals surface area contributed by atoms with E-state index in [1.165, 1.54) is 25.7 Å². The molecule has 15 heavy (non-hydrogen) atoms. The van der Waals surface area contributed by atoms with E-state index in [1.807, 2.05) is 0 Å². The molecule has 2 rings (SSSR count). The Morgan fingerprint density at radius 3 is 2.67 bits per heavy atom. The Labute approximate surface area is 89.5 Å². The molecular weight excluding hydrogens is 190 g/mol. The Bertz CT molecular complexity index is 300. The van der Waals surface area contributed by atoms with Gasteiger partial charge in [0.25, 0.3) is 5.91 Å². The Morgan fingerprint density at radius 1 is 1.33 bits per heavy atom. The van der Waals surface area contributed by atoms with Gasteiger partial charge in [-0.2, -0.15) is 5.10 Å². The molecule has 0 aliphatic heterocycles. The number of aromatic amines is 1. The summed E-state index contributed by atoms with van der Waals surface area (Å²) in [7, 11) is 0. The van der Waals surface area contributed by atoms with Crippen molar-refractivity contribution in [3.05, 3.63) is 18.0 Å². The maximum Gasteiger partial charge on any atom is 0.271 e. The number of carbonyl (C=O) groups is 1. The fourth-order valence-electron chi connectivity index (χ4n) is 2.07. The number of hydrogen-bond donors (Lipinski definition) is 2. The van der Waals surface area contributed by atoms with Gasteiger partial charge in [-0.3, -0.25) is 9.89 Å². The van der Waals surface area contributed by atoms with Crippen LogP contribution in [0.4, 0.5) is 0 Å². The molecule has 0 spiro atoms. The van der Waals surface area contributed by atoms with Crippen LogP contribution < -0.4 is 5.32 Å². The van der Waals surface area contributed by atoms with E-state index in [0.29, 0.717) is 11.7 Å². The molecule has 1 aliphatic carbocycles. The topological polar surface area (TPSA) is 57.8 Å². The first-order valence-corrected chi connectivity index (χ1v) is 5.67. The van der Waals surface area contributed by atoms with E-state index in [0.717, 1.165) is 12.8 Å². The molecule has 1 saturated carbocycles. The first kappa shape index (κ1) is 10.2. The molecular formula is C11H17N3O. The van der Waals surface area contributed by atoms with Crippen molar-refractivity contribution in [1.82, 2.24) is 15.5 Å². The number of amides is 1. The normalized spacial score (nSPS) is 18.4. The van der Waals surface area contributed by atoms with Crippen LogP contribution in [0.3, 0.4) is 0 Å². The summed E-state index contributed by atoms with van der Waals surface area (Å²) in [5, 5.41) is 9.56. The zero-order chi connectivity index (χ0) is 10.5. The molecule has 4 nitrogen and oxygen atoms in total. The standard InChI is InChI=1S/C11H17N3O/c15-11(10-7-8-12-14-10)13-9-5-3-1-2-4-6-9/h7-9H,1-6H2,(H,12,14)(H,13,15). The number of nitrogens with one attached hydrogen (secondary N) is 2. The molecule has 1 aliphatic rings. The van der Waals surface area contributed by atoms with Crippen molar-refractivity contribution in [2.75, 3.05) is 0 Å². The molecule has 1 fully saturated rings. The van der Waals surface area contributed by atoms with Crippen molar-refractivity contribution < 1.29 is 4.79 Å². The molecule has 82 valence electrons. The summed E-state index contributed by atoms with van der Waals surface area (Å²) in [4.78, 5) is 11.7. The van der Waals surface area contributed by atoms with E-state index in [2.05, 4.69) is 15.5 Å². The van der Waals surface area contributed by atoms with Gasteiger partial charge in [-0.1, -0.05) is 25.7 Å². The predicted molar refractivity (Wildman–Crippen MR) is 57.5 cm³/mol. The third-order valence-electron chi connectivity index (χ3n) is 2.92. The summed E-state index contributed by atoms with van der Waals surface area (Å²) < 4.78 is 0. The summed E-state index contributed by atoms with van der Waals surface area (Å²) in [5.41, 5.74) is 0.485. The second kappa shape index (κ2) is 4.96. The Morgan fingerprint density at radius 2 is 2.07 bits per heavy atom. The Balaban J connectivity index is 1.87. The van der Waals surface area contributed by atoms with Gasteiger partial charge >= 0.3 is 0 Å². The van der Waals surface area contributed by atoms with Crippen LogP contribution in [-0.4, -0.2) is 22.1 Å². The van der Waals surface area contributed by atoms with Crippen molar-refractivity contribution in [2.45, 2.75) is 44.6 Å². The third-order valence-corrected chi connectivity index (χ3v) is 2.92. The summed E-state index contributed by atoms with van der Waals surface area (Å²) >= 11 is 0. The van der Waals surface area contributed by atoms with E-state index >= 15 is 0 Å². The van der Waals surface area contributed by atoms with Gasteiger partial charge in [0.2, 0.25) is 0 Å². The second-order valence-corrected chi connectivity index (χ2v) is 4.12. The van der Waals surface area contributed by atoms with Crippen LogP contribution in [0.15, 0.2) is 12.3 Å². The minimum Gasteiger partial charge on any atom is -0.348 e. The van der Waals surface area contributed by atoms with Crippen LogP contribution in [0.25, 0.3) is 0 Å². The molecule has 4 heteroatoms. The predicted octanol–water partition coefficient (Wildman–Crippen LogP) is 1.86. The first-order valence-electron chi connectivity index (χ1n) is 5.67. The van der Waals surface area contributed by atoms with E-state index in [1.54, 1.807) is 12.3 Å². The average Bonchev–Trinajstić information content (AvgIpc) is 2.65. The summed E-state index contributed by atoms with van der Waals surface area (Å²) in [6, 6.07) is 2.04. The lowest BCUT2D eigenvalue weighted by Crippen LogP contribution is -2.34. The molecule has 0 bridgehead atoms. The van der Waals surface area contributed by atoms with Crippen LogP contribution in [0.1, 0.15) is 49.0 Å². The lowest BCUT2D eigenvalue weighted by molar-refractivity contribution is 0.0928. The van der Waals surface area contributed by atoms with E-state index < -0.39 is 0 Å². The summed E-state index contributed by atoms with van der Waals surface area (Å²) in [5.74, 6) is -0.0526. The highest BCUT2D eigenvalue weighted by atomic mass is 16.2. The summed E-state index contributed by atoms with van der Waals surface area (Å²) in [6.07, 6.45) is 8.94. The highest BCUT2D eigenvalue weighted by molar-refractivity contribution is 5.92. The van der Waals surface area contributed by atoms with Crippen molar-refractivity contribution in [2.24, 2.45) is 0 Å². The zero-order valence-electron chi connectivity index (χ0n) is 8.83. The number of aromatic nitrogens is 2. The van der Waals surface area contributed by atoms with E-state index in [-0.39, 0.29) is 5.91 Å². The van der Waals surface area contributed by atoms with E-state index in [4.69, 9.17) is 0 Å². The van der Waals surface area contributed by atoms with Gasteiger partial charge in [-0.25, -0.2) is 0 Å². The average molecular weight is 207 g/mol. The van der Waals surface area contributed by atoms with Crippen LogP contribution in [0.5, 0.6) is 0 Å². The van der Waals surface area contributed by atoms with E-state index in [9.17, 15) is 4.79 Å². The first-order chi connectivity index (χ1) is 7.36. The number of carbonyl (C=O) groups excluding carboxylic acids is 1. The van der Waals surface area contributed by atoms with Gasteiger partial charge in [-0.15, -0.1) is 0 Å². The van der Waals surface area contributed by atoms with Gasteiger partial charge in [0.15, 0.2) is 0 Å². The highest BCUT2D eigenvalue weighted by Crippen LogP contribution is 2.17. The number of rotatable bonds is 2. The lowest BCUT2D eigenvalue weighted by atomic mass is 10.1. The van der Waals surface area contributed by atoms with Crippen LogP contribution >= 0.6 is 0 Å². The second-order valence-electron chi connectivity index (χ2n) is 4.12. The van der Waals surface area contributed by atoms with Crippen molar-refractivity contribution >= 4 is 5.91 Å². The molecule has 0 unspecified atom stereocenters. The van der Waals surface area contributed by atoms with Crippen LogP contribution in [0, 0.1) is 0 Å². The maximum absolute atomic E-state index is 11.7. The molecule has 2 N–H and O–H groups in total. The molecule has 0 saturated heterocycles. The molecule has 1 aromatic heterocycles. The minimum atomic E-state index is -0.0526. The van der Waals surface area contributed by atoms with Gasteiger partial charge in [0.05, 0.1) is 0 Å². The molecule has 0 radical (unpaired) electrons. The van der Waals surface area contributed by atoms with Crippen LogP contribution in [-0.2, 0) is 0 Å². The zero-order valence-corrected chi connectivity index (χ0v) is 8.83.